The number of anilines is 1. The number of fused-ring (bicyclic) bond motifs is 1. The highest BCUT2D eigenvalue weighted by Crippen LogP contribution is 2.36. The van der Waals surface area contributed by atoms with Crippen molar-refractivity contribution in [3.05, 3.63) is 57.6 Å². The van der Waals surface area contributed by atoms with Crippen LogP contribution in [0.2, 0.25) is 10.0 Å². The van der Waals surface area contributed by atoms with Crippen molar-refractivity contribution < 1.29 is 14.3 Å². The lowest BCUT2D eigenvalue weighted by Crippen LogP contribution is -2.13. The number of halogens is 2. The van der Waals surface area contributed by atoms with Crippen molar-refractivity contribution in [1.29, 1.82) is 5.26 Å². The van der Waals surface area contributed by atoms with Crippen molar-refractivity contribution >= 4 is 40.9 Å². The zero-order chi connectivity index (χ0) is 17.1. The number of amides is 1. The van der Waals surface area contributed by atoms with E-state index in [4.69, 9.17) is 32.7 Å². The number of nitrogens with zero attached hydrogens (tertiary/aromatic N) is 1. The molecule has 3 rings (SSSR count). The third kappa shape index (κ3) is 3.30. The summed E-state index contributed by atoms with van der Waals surface area (Å²) in [5.74, 6) is 0.469. The first-order valence-electron chi connectivity index (χ1n) is 6.85. The van der Waals surface area contributed by atoms with Gasteiger partial charge in [0.25, 0.3) is 5.91 Å². The minimum Gasteiger partial charge on any atom is -0.454 e. The van der Waals surface area contributed by atoms with Gasteiger partial charge in [-0.05, 0) is 30.3 Å². The Labute approximate surface area is 148 Å². The Balaban J connectivity index is 1.89. The number of carbonyl (C=O) groups excluding carboxylic acids is 1. The van der Waals surface area contributed by atoms with Gasteiger partial charge >= 0.3 is 0 Å². The minimum absolute atomic E-state index is 0.102. The van der Waals surface area contributed by atoms with E-state index >= 15 is 0 Å². The number of nitriles is 1. The second kappa shape index (κ2) is 6.83. The maximum Gasteiger partial charge on any atom is 0.266 e. The maximum atomic E-state index is 12.3. The van der Waals surface area contributed by atoms with Crippen LogP contribution in [0.15, 0.2) is 42.0 Å². The second-order valence-corrected chi connectivity index (χ2v) is 5.67. The van der Waals surface area contributed by atoms with Gasteiger partial charge in [0.15, 0.2) is 11.5 Å². The van der Waals surface area contributed by atoms with Crippen LogP contribution in [0.1, 0.15) is 5.56 Å². The molecule has 0 aliphatic carbocycles. The average molecular weight is 361 g/mol. The van der Waals surface area contributed by atoms with Crippen molar-refractivity contribution in [1.82, 2.24) is 0 Å². The Morgan fingerprint density at radius 2 is 2.08 bits per heavy atom. The largest absolute Gasteiger partial charge is 0.454 e. The summed E-state index contributed by atoms with van der Waals surface area (Å²) in [4.78, 5) is 12.3. The summed E-state index contributed by atoms with van der Waals surface area (Å²) >= 11 is 11.9. The van der Waals surface area contributed by atoms with Gasteiger partial charge in [-0.25, -0.2) is 0 Å². The van der Waals surface area contributed by atoms with Crippen molar-refractivity contribution in [2.45, 2.75) is 0 Å². The second-order valence-electron chi connectivity index (χ2n) is 4.83. The van der Waals surface area contributed by atoms with E-state index in [1.807, 2.05) is 6.07 Å². The van der Waals surface area contributed by atoms with Crippen LogP contribution in [-0.2, 0) is 4.79 Å². The number of hydrogen-bond donors (Lipinski definition) is 1. The number of hydrogen-bond acceptors (Lipinski definition) is 4. The first kappa shape index (κ1) is 16.2. The maximum absolute atomic E-state index is 12.3. The normalized spacial score (nSPS) is 12.6. The Morgan fingerprint density at radius 3 is 2.88 bits per heavy atom. The molecule has 2 aromatic carbocycles. The molecule has 120 valence electrons. The zero-order valence-electron chi connectivity index (χ0n) is 12.2. The Morgan fingerprint density at radius 1 is 1.25 bits per heavy atom. The van der Waals surface area contributed by atoms with E-state index in [0.29, 0.717) is 32.8 Å². The summed E-state index contributed by atoms with van der Waals surface area (Å²) in [6.07, 6.45) is 1.43. The molecule has 0 aromatic heterocycles. The third-order valence-electron chi connectivity index (χ3n) is 3.27. The van der Waals surface area contributed by atoms with Crippen LogP contribution in [0, 0.1) is 11.3 Å². The SMILES string of the molecule is N#CC(=Cc1cccc2c1OCO2)C(=O)Nc1cc(Cl)ccc1Cl. The smallest absolute Gasteiger partial charge is 0.266 e. The number of benzene rings is 2. The van der Waals surface area contributed by atoms with E-state index in [9.17, 15) is 10.1 Å². The lowest BCUT2D eigenvalue weighted by molar-refractivity contribution is -0.112. The molecule has 0 radical (unpaired) electrons. The average Bonchev–Trinajstić information content (AvgIpc) is 3.05. The summed E-state index contributed by atoms with van der Waals surface area (Å²) in [6, 6.07) is 11.8. The molecule has 1 N–H and O–H groups in total. The van der Waals surface area contributed by atoms with Gasteiger partial charge in [0.05, 0.1) is 10.7 Å². The number of ether oxygens (including phenoxy) is 2. The fourth-order valence-corrected chi connectivity index (χ4v) is 2.49. The van der Waals surface area contributed by atoms with Gasteiger partial charge in [-0.15, -0.1) is 0 Å². The molecule has 0 unspecified atom stereocenters. The van der Waals surface area contributed by atoms with Gasteiger partial charge in [0.1, 0.15) is 11.6 Å². The molecule has 0 fully saturated rings. The molecule has 1 heterocycles. The predicted octanol–water partition coefficient (Wildman–Crippen LogP) is 4.27. The summed E-state index contributed by atoms with van der Waals surface area (Å²) in [7, 11) is 0. The van der Waals surface area contributed by atoms with Crippen LogP contribution in [-0.4, -0.2) is 12.7 Å². The summed E-state index contributed by atoms with van der Waals surface area (Å²) in [6.45, 7) is 0.104. The van der Waals surface area contributed by atoms with Crippen molar-refractivity contribution in [3.63, 3.8) is 0 Å². The first-order chi connectivity index (χ1) is 11.6. The van der Waals surface area contributed by atoms with E-state index in [1.165, 1.54) is 12.1 Å². The first-order valence-corrected chi connectivity index (χ1v) is 7.61. The predicted molar refractivity (Wildman–Crippen MR) is 91.2 cm³/mol. The highest BCUT2D eigenvalue weighted by atomic mass is 35.5. The Bertz CT molecular complexity index is 888. The van der Waals surface area contributed by atoms with Crippen LogP contribution in [0.5, 0.6) is 11.5 Å². The van der Waals surface area contributed by atoms with Gasteiger partial charge in [0, 0.05) is 10.6 Å². The molecule has 0 saturated heterocycles. The van der Waals surface area contributed by atoms with Gasteiger partial charge in [-0.2, -0.15) is 5.26 Å². The number of nitrogens with one attached hydrogen (secondary N) is 1. The molecule has 0 bridgehead atoms. The summed E-state index contributed by atoms with van der Waals surface area (Å²) in [5.41, 5.74) is 0.803. The molecule has 7 heteroatoms. The molecule has 0 spiro atoms. The molecule has 5 nitrogen and oxygen atoms in total. The topological polar surface area (TPSA) is 71.3 Å². The molecule has 1 aliphatic heterocycles. The molecule has 0 atom stereocenters. The fourth-order valence-electron chi connectivity index (χ4n) is 2.15. The number of carbonyl (C=O) groups is 1. The van der Waals surface area contributed by atoms with E-state index in [-0.39, 0.29) is 12.4 Å². The Kier molecular flexibility index (Phi) is 4.61. The molecule has 1 amide bonds. The van der Waals surface area contributed by atoms with Gasteiger partial charge in [0.2, 0.25) is 6.79 Å². The standard InChI is InChI=1S/C17H10Cl2N2O3/c18-12-4-5-13(19)14(7-12)21-17(22)11(8-20)6-10-2-1-3-15-16(10)24-9-23-15/h1-7H,9H2,(H,21,22). The minimum atomic E-state index is -0.599. The lowest BCUT2D eigenvalue weighted by Gasteiger charge is -2.07. The molecule has 2 aromatic rings. The third-order valence-corrected chi connectivity index (χ3v) is 3.83. The van der Waals surface area contributed by atoms with Crippen LogP contribution in [0.4, 0.5) is 5.69 Å². The summed E-state index contributed by atoms with van der Waals surface area (Å²) < 4.78 is 10.6. The van der Waals surface area contributed by atoms with E-state index < -0.39 is 5.91 Å². The molecular weight excluding hydrogens is 351 g/mol. The van der Waals surface area contributed by atoms with Gasteiger partial charge in [-0.3, -0.25) is 4.79 Å². The van der Waals surface area contributed by atoms with E-state index in [0.717, 1.165) is 0 Å². The number of rotatable bonds is 3. The van der Waals surface area contributed by atoms with Crippen molar-refractivity contribution in [2.75, 3.05) is 12.1 Å². The quantitative estimate of drug-likeness (QED) is 0.655. The molecule has 24 heavy (non-hydrogen) atoms. The van der Waals surface area contributed by atoms with Crippen LogP contribution < -0.4 is 14.8 Å². The molecule has 1 aliphatic rings. The van der Waals surface area contributed by atoms with Crippen molar-refractivity contribution in [3.8, 4) is 17.6 Å². The van der Waals surface area contributed by atoms with Crippen LogP contribution in [0.3, 0.4) is 0 Å². The van der Waals surface area contributed by atoms with Gasteiger partial charge in [-0.1, -0.05) is 35.3 Å². The van der Waals surface area contributed by atoms with Gasteiger partial charge < -0.3 is 14.8 Å². The molecular formula is C17H10Cl2N2O3. The monoisotopic (exact) mass is 360 g/mol. The highest BCUT2D eigenvalue weighted by Gasteiger charge is 2.18. The zero-order valence-corrected chi connectivity index (χ0v) is 13.7. The van der Waals surface area contributed by atoms with Crippen LogP contribution in [0.25, 0.3) is 6.08 Å². The van der Waals surface area contributed by atoms with Crippen molar-refractivity contribution in [2.24, 2.45) is 0 Å². The summed E-state index contributed by atoms with van der Waals surface area (Å²) in [5, 5.41) is 12.6. The number of para-hydroxylation sites is 1. The lowest BCUT2D eigenvalue weighted by atomic mass is 10.1. The van der Waals surface area contributed by atoms with E-state index in [2.05, 4.69) is 5.32 Å². The Hall–Kier alpha value is -2.68. The van der Waals surface area contributed by atoms with E-state index in [1.54, 1.807) is 30.3 Å². The fraction of sp³-hybridized carbons (Fsp3) is 0.0588. The molecule has 0 saturated carbocycles. The van der Waals surface area contributed by atoms with Crippen LogP contribution >= 0.6 is 23.2 Å². The highest BCUT2D eigenvalue weighted by molar-refractivity contribution is 6.36.